The van der Waals surface area contributed by atoms with E-state index in [4.69, 9.17) is 0 Å². The Morgan fingerprint density at radius 3 is 2.50 bits per heavy atom. The molecule has 1 aromatic heterocycles. The predicted octanol–water partition coefficient (Wildman–Crippen LogP) is 5.20. The average Bonchev–Trinajstić information content (AvgIpc) is 3.12. The summed E-state index contributed by atoms with van der Waals surface area (Å²) in [5.74, 6) is 2.68. The van der Waals surface area contributed by atoms with Crippen LogP contribution < -0.4 is 0 Å². The van der Waals surface area contributed by atoms with Crippen LogP contribution in [-0.4, -0.2) is 25.1 Å². The summed E-state index contributed by atoms with van der Waals surface area (Å²) in [4.78, 5) is 4.14. The zero-order chi connectivity index (χ0) is 14.1. The number of aryl methyl sites for hydroxylation is 1. The first-order valence-electron chi connectivity index (χ1n) is 8.08. The number of hydrogen-bond donors (Lipinski definition) is 0. The Kier molecular flexibility index (Phi) is 7.36. The van der Waals surface area contributed by atoms with Gasteiger partial charge in [-0.25, -0.2) is 4.98 Å². The van der Waals surface area contributed by atoms with E-state index in [-0.39, 0.29) is 0 Å². The normalized spacial score (nSPS) is 17.6. The van der Waals surface area contributed by atoms with Crippen molar-refractivity contribution in [3.8, 4) is 0 Å². The highest BCUT2D eigenvalue weighted by atomic mass is 32.2. The highest BCUT2D eigenvalue weighted by Crippen LogP contribution is 2.50. The van der Waals surface area contributed by atoms with E-state index in [1.54, 1.807) is 0 Å². The lowest BCUT2D eigenvalue weighted by Crippen LogP contribution is -2.19. The molecule has 0 aliphatic carbocycles. The van der Waals surface area contributed by atoms with Gasteiger partial charge in [0.15, 0.2) is 0 Å². The number of imidazole rings is 1. The van der Waals surface area contributed by atoms with Gasteiger partial charge in [0, 0.05) is 30.4 Å². The van der Waals surface area contributed by atoms with Crippen LogP contribution in [0.3, 0.4) is 0 Å². The Labute approximate surface area is 132 Å². The largest absolute Gasteiger partial charge is 0.337 e. The molecule has 0 spiro atoms. The average molecular weight is 313 g/mol. The van der Waals surface area contributed by atoms with Crippen molar-refractivity contribution < 1.29 is 0 Å². The Morgan fingerprint density at radius 1 is 1.05 bits per heavy atom. The molecule has 0 atom stereocenters. The fourth-order valence-corrected chi connectivity index (χ4v) is 6.10. The molecule has 1 aliphatic heterocycles. The van der Waals surface area contributed by atoms with Crippen LogP contribution in [0.5, 0.6) is 0 Å². The summed E-state index contributed by atoms with van der Waals surface area (Å²) in [6, 6.07) is 0. The molecule has 0 saturated carbocycles. The van der Waals surface area contributed by atoms with E-state index in [0.29, 0.717) is 4.08 Å². The van der Waals surface area contributed by atoms with Crippen molar-refractivity contribution in [2.24, 2.45) is 0 Å². The van der Waals surface area contributed by atoms with Crippen LogP contribution in [0, 0.1) is 0 Å². The molecule has 0 aromatic carbocycles. The van der Waals surface area contributed by atoms with Gasteiger partial charge < -0.3 is 4.57 Å². The lowest BCUT2D eigenvalue weighted by Gasteiger charge is -2.27. The smallest absolute Gasteiger partial charge is 0.0945 e. The van der Waals surface area contributed by atoms with Gasteiger partial charge in [0.25, 0.3) is 0 Å². The molecule has 2 heterocycles. The molecule has 2 nitrogen and oxygen atoms in total. The standard InChI is InChI=1S/C16H28N2S2/c1-2-3-4-5-6-7-8-16(19-13-14-20-16)9-11-18-12-10-17-15-18/h10,12,15H,2-9,11,13-14H2,1H3. The Hall–Kier alpha value is -0.0900. The molecule has 20 heavy (non-hydrogen) atoms. The highest BCUT2D eigenvalue weighted by molar-refractivity contribution is 8.21. The van der Waals surface area contributed by atoms with Crippen LogP contribution in [-0.2, 0) is 6.54 Å². The molecular formula is C16H28N2S2. The van der Waals surface area contributed by atoms with Gasteiger partial charge in [-0.3, -0.25) is 0 Å². The van der Waals surface area contributed by atoms with Crippen LogP contribution in [0.2, 0.25) is 0 Å². The van der Waals surface area contributed by atoms with Crippen molar-refractivity contribution in [1.29, 1.82) is 0 Å². The fraction of sp³-hybridized carbons (Fsp3) is 0.812. The minimum Gasteiger partial charge on any atom is -0.337 e. The third-order valence-corrected chi connectivity index (χ3v) is 7.69. The van der Waals surface area contributed by atoms with E-state index in [2.05, 4.69) is 46.2 Å². The van der Waals surface area contributed by atoms with E-state index in [0.717, 1.165) is 6.54 Å². The summed E-state index contributed by atoms with van der Waals surface area (Å²) in [7, 11) is 0. The van der Waals surface area contributed by atoms with Crippen molar-refractivity contribution in [3.05, 3.63) is 18.7 Å². The summed E-state index contributed by atoms with van der Waals surface area (Å²) >= 11 is 4.42. The van der Waals surface area contributed by atoms with E-state index in [9.17, 15) is 0 Å². The molecule has 0 N–H and O–H groups in total. The number of rotatable bonds is 10. The zero-order valence-corrected chi connectivity index (χ0v) is 14.4. The van der Waals surface area contributed by atoms with Gasteiger partial charge in [0.1, 0.15) is 0 Å². The number of thioether (sulfide) groups is 2. The summed E-state index contributed by atoms with van der Waals surface area (Å²) in [5, 5.41) is 0. The fourth-order valence-electron chi connectivity index (χ4n) is 2.80. The molecule has 1 fully saturated rings. The molecule has 0 radical (unpaired) electrons. The monoisotopic (exact) mass is 312 g/mol. The van der Waals surface area contributed by atoms with Crippen molar-refractivity contribution >= 4 is 23.5 Å². The first-order chi connectivity index (χ1) is 9.85. The zero-order valence-electron chi connectivity index (χ0n) is 12.7. The van der Waals surface area contributed by atoms with Gasteiger partial charge in [0.2, 0.25) is 0 Å². The maximum atomic E-state index is 4.14. The molecule has 0 unspecified atom stereocenters. The first kappa shape index (κ1) is 16.3. The Balaban J connectivity index is 1.68. The Morgan fingerprint density at radius 2 is 1.80 bits per heavy atom. The van der Waals surface area contributed by atoms with Gasteiger partial charge in [-0.15, -0.1) is 23.5 Å². The Bertz CT molecular complexity index is 345. The topological polar surface area (TPSA) is 17.8 Å². The van der Waals surface area contributed by atoms with E-state index >= 15 is 0 Å². The van der Waals surface area contributed by atoms with Crippen molar-refractivity contribution in [2.45, 2.75) is 68.9 Å². The van der Waals surface area contributed by atoms with Crippen molar-refractivity contribution in [3.63, 3.8) is 0 Å². The molecule has 1 saturated heterocycles. The van der Waals surface area contributed by atoms with Crippen LogP contribution in [0.1, 0.15) is 58.3 Å². The quantitative estimate of drug-likeness (QED) is 0.553. The molecule has 4 heteroatoms. The van der Waals surface area contributed by atoms with Crippen molar-refractivity contribution in [2.75, 3.05) is 11.5 Å². The van der Waals surface area contributed by atoms with E-state index in [1.165, 1.54) is 62.9 Å². The molecule has 114 valence electrons. The van der Waals surface area contributed by atoms with E-state index < -0.39 is 0 Å². The molecule has 1 aromatic rings. The van der Waals surface area contributed by atoms with Crippen LogP contribution >= 0.6 is 23.5 Å². The van der Waals surface area contributed by atoms with Gasteiger partial charge in [-0.1, -0.05) is 45.4 Å². The molecule has 1 aliphatic rings. The summed E-state index contributed by atoms with van der Waals surface area (Å²) in [5.41, 5.74) is 0. The van der Waals surface area contributed by atoms with E-state index in [1.807, 2.05) is 12.5 Å². The third-order valence-electron chi connectivity index (χ3n) is 4.03. The first-order valence-corrected chi connectivity index (χ1v) is 10.1. The maximum absolute atomic E-state index is 4.14. The molecular weight excluding hydrogens is 284 g/mol. The highest BCUT2D eigenvalue weighted by Gasteiger charge is 2.34. The number of unbranched alkanes of at least 4 members (excludes halogenated alkanes) is 5. The second-order valence-electron chi connectivity index (χ2n) is 5.68. The lowest BCUT2D eigenvalue weighted by atomic mass is 10.1. The van der Waals surface area contributed by atoms with Crippen LogP contribution in [0.15, 0.2) is 18.7 Å². The van der Waals surface area contributed by atoms with Crippen LogP contribution in [0.4, 0.5) is 0 Å². The minimum atomic E-state index is 0.495. The van der Waals surface area contributed by atoms with Crippen LogP contribution in [0.25, 0.3) is 0 Å². The SMILES string of the molecule is CCCCCCCCC1(CCn2ccnc2)SCCS1. The van der Waals surface area contributed by atoms with Gasteiger partial charge in [-0.2, -0.15) is 0 Å². The summed E-state index contributed by atoms with van der Waals surface area (Å²) < 4.78 is 2.72. The number of hydrogen-bond acceptors (Lipinski definition) is 3. The lowest BCUT2D eigenvalue weighted by molar-refractivity contribution is 0.529. The summed E-state index contributed by atoms with van der Waals surface area (Å²) in [6.07, 6.45) is 17.1. The minimum absolute atomic E-state index is 0.495. The molecule has 0 amide bonds. The summed E-state index contributed by atoms with van der Waals surface area (Å²) in [6.45, 7) is 3.41. The van der Waals surface area contributed by atoms with Gasteiger partial charge >= 0.3 is 0 Å². The predicted molar refractivity (Wildman–Crippen MR) is 92.5 cm³/mol. The third kappa shape index (κ3) is 5.36. The number of nitrogens with zero attached hydrogens (tertiary/aromatic N) is 2. The second-order valence-corrected chi connectivity index (χ2v) is 8.89. The number of aromatic nitrogens is 2. The maximum Gasteiger partial charge on any atom is 0.0945 e. The van der Waals surface area contributed by atoms with Gasteiger partial charge in [-0.05, 0) is 12.8 Å². The second kappa shape index (κ2) is 9.04. The molecule has 0 bridgehead atoms. The van der Waals surface area contributed by atoms with Gasteiger partial charge in [0.05, 0.1) is 10.4 Å². The molecule has 2 rings (SSSR count). The van der Waals surface area contributed by atoms with Crippen molar-refractivity contribution in [1.82, 2.24) is 9.55 Å².